The van der Waals surface area contributed by atoms with Gasteiger partial charge in [0.2, 0.25) is 5.91 Å². The first kappa shape index (κ1) is 23.0. The van der Waals surface area contributed by atoms with Gasteiger partial charge in [0.05, 0.1) is 6.04 Å². The highest BCUT2D eigenvalue weighted by molar-refractivity contribution is 5.99. The standard InChI is InChI=1S/C34H38N2O2/c1-20(37)25-3-2-4-26-27(25)11-13-29-28(26)12-14-30-31(21-5-6-21)17-24(18-32(29)30)35-15-16-36(34(38)23-9-10-23)33(19-35)22-7-8-22/h2,4,12,14,17-18,21-23,25,33H,3,5-11,13,15-16,19H2,1H3/t25-,33?/m0/s1. The van der Waals surface area contributed by atoms with Crippen LogP contribution in [-0.2, 0) is 16.0 Å². The smallest absolute Gasteiger partial charge is 0.226 e. The monoisotopic (exact) mass is 506 g/mol. The predicted octanol–water partition coefficient (Wildman–Crippen LogP) is 6.42. The zero-order valence-electron chi connectivity index (χ0n) is 22.5. The van der Waals surface area contributed by atoms with Crippen LogP contribution in [-0.4, -0.2) is 42.3 Å². The summed E-state index contributed by atoms with van der Waals surface area (Å²) in [6.07, 6.45) is 14.7. The SMILES string of the molecule is CC(=O)[C@@H]1CC=CC2=C1CCc1c2ccc2c(C3CC3)cc(N3CCN(C(=O)C4CC4)C(C4CC4)C3)cc12. The minimum absolute atomic E-state index is 0.0567. The summed E-state index contributed by atoms with van der Waals surface area (Å²) < 4.78 is 0. The fourth-order valence-corrected chi connectivity index (χ4v) is 7.71. The topological polar surface area (TPSA) is 40.6 Å². The van der Waals surface area contributed by atoms with Crippen molar-refractivity contribution in [1.29, 1.82) is 0 Å². The van der Waals surface area contributed by atoms with Gasteiger partial charge in [0.25, 0.3) is 0 Å². The molecule has 0 spiro atoms. The van der Waals surface area contributed by atoms with Crippen LogP contribution in [0.15, 0.2) is 42.0 Å². The molecule has 38 heavy (non-hydrogen) atoms. The Morgan fingerprint density at radius 2 is 1.76 bits per heavy atom. The number of aryl methyl sites for hydroxylation is 1. The number of benzene rings is 2. The molecule has 1 aliphatic heterocycles. The molecule has 5 aliphatic carbocycles. The van der Waals surface area contributed by atoms with Crippen LogP contribution in [0.4, 0.5) is 5.69 Å². The van der Waals surface area contributed by atoms with Gasteiger partial charge >= 0.3 is 0 Å². The molecule has 0 radical (unpaired) electrons. The van der Waals surface area contributed by atoms with Crippen molar-refractivity contribution in [2.75, 3.05) is 24.5 Å². The Labute approximate surface area is 225 Å². The van der Waals surface area contributed by atoms with Crippen LogP contribution in [0, 0.1) is 17.8 Å². The zero-order chi connectivity index (χ0) is 25.5. The highest BCUT2D eigenvalue weighted by atomic mass is 16.2. The van der Waals surface area contributed by atoms with Crippen molar-refractivity contribution >= 4 is 33.7 Å². The normalized spacial score (nSPS) is 27.0. The number of allylic oxidation sites excluding steroid dienone is 4. The lowest BCUT2D eigenvalue weighted by atomic mass is 9.74. The molecule has 0 bridgehead atoms. The molecule has 2 aromatic rings. The van der Waals surface area contributed by atoms with E-state index in [-0.39, 0.29) is 5.92 Å². The lowest BCUT2D eigenvalue weighted by Crippen LogP contribution is -2.56. The molecule has 1 heterocycles. The number of hydrogen-bond acceptors (Lipinski definition) is 3. The predicted molar refractivity (Wildman–Crippen MR) is 152 cm³/mol. The second-order valence-electron chi connectivity index (χ2n) is 12.9. The van der Waals surface area contributed by atoms with Gasteiger partial charge in [-0.3, -0.25) is 9.59 Å². The second-order valence-corrected chi connectivity index (χ2v) is 12.9. The van der Waals surface area contributed by atoms with E-state index < -0.39 is 0 Å². The van der Waals surface area contributed by atoms with Gasteiger partial charge in [0, 0.05) is 37.2 Å². The average Bonchev–Trinajstić information content (AvgIpc) is 3.78. The summed E-state index contributed by atoms with van der Waals surface area (Å²) in [5.41, 5.74) is 8.36. The number of nitrogens with zero attached hydrogens (tertiary/aromatic N) is 2. The van der Waals surface area contributed by atoms with Gasteiger partial charge in [0.1, 0.15) is 5.78 Å². The molecule has 1 unspecified atom stereocenters. The Balaban J connectivity index is 1.20. The Morgan fingerprint density at radius 3 is 2.50 bits per heavy atom. The van der Waals surface area contributed by atoms with Gasteiger partial charge in [-0.25, -0.2) is 0 Å². The van der Waals surface area contributed by atoms with Crippen molar-refractivity contribution < 1.29 is 9.59 Å². The first-order chi connectivity index (χ1) is 18.6. The Morgan fingerprint density at radius 1 is 0.921 bits per heavy atom. The van der Waals surface area contributed by atoms with E-state index in [0.717, 1.165) is 51.7 Å². The van der Waals surface area contributed by atoms with Gasteiger partial charge in [-0.2, -0.15) is 0 Å². The lowest BCUT2D eigenvalue weighted by molar-refractivity contribution is -0.135. The summed E-state index contributed by atoms with van der Waals surface area (Å²) >= 11 is 0. The molecule has 1 amide bonds. The van der Waals surface area contributed by atoms with Gasteiger partial charge in [-0.1, -0.05) is 29.9 Å². The largest absolute Gasteiger partial charge is 0.368 e. The van der Waals surface area contributed by atoms with Gasteiger partial charge in [-0.05, 0) is 122 Å². The number of Topliss-reactive ketones (excluding diaryl/α,β-unsaturated/α-hetero) is 1. The van der Waals surface area contributed by atoms with Crippen LogP contribution in [0.5, 0.6) is 0 Å². The Hall–Kier alpha value is -2.88. The number of rotatable bonds is 5. The van der Waals surface area contributed by atoms with Crippen LogP contribution in [0.25, 0.3) is 16.3 Å². The maximum atomic E-state index is 13.1. The van der Waals surface area contributed by atoms with Gasteiger partial charge < -0.3 is 9.80 Å². The molecule has 4 heteroatoms. The third-order valence-corrected chi connectivity index (χ3v) is 10.3. The molecule has 4 fully saturated rings. The number of anilines is 1. The van der Waals surface area contributed by atoms with E-state index in [1.54, 1.807) is 6.92 Å². The zero-order valence-corrected chi connectivity index (χ0v) is 22.5. The quantitative estimate of drug-likeness (QED) is 0.470. The third kappa shape index (κ3) is 3.78. The second kappa shape index (κ2) is 8.56. The van der Waals surface area contributed by atoms with Crippen molar-refractivity contribution in [2.45, 2.75) is 76.7 Å². The van der Waals surface area contributed by atoms with E-state index in [9.17, 15) is 9.59 Å². The minimum Gasteiger partial charge on any atom is -0.368 e. The summed E-state index contributed by atoms with van der Waals surface area (Å²) in [6.45, 7) is 4.54. The molecule has 1 saturated heterocycles. The number of piperazine rings is 1. The number of hydrogen-bond donors (Lipinski definition) is 0. The van der Waals surface area contributed by atoms with E-state index in [1.807, 2.05) is 0 Å². The molecule has 4 nitrogen and oxygen atoms in total. The average molecular weight is 507 g/mol. The Kier molecular flexibility index (Phi) is 5.19. The van der Waals surface area contributed by atoms with E-state index in [0.29, 0.717) is 35.5 Å². The molecule has 0 N–H and O–H groups in total. The lowest BCUT2D eigenvalue weighted by Gasteiger charge is -2.43. The highest BCUT2D eigenvalue weighted by Gasteiger charge is 2.44. The van der Waals surface area contributed by atoms with Crippen molar-refractivity contribution in [1.82, 2.24) is 4.90 Å². The molecular weight excluding hydrogens is 468 g/mol. The third-order valence-electron chi connectivity index (χ3n) is 10.3. The number of carbonyl (C=O) groups excluding carboxylic acids is 2. The van der Waals surface area contributed by atoms with E-state index in [1.165, 1.54) is 70.0 Å². The van der Waals surface area contributed by atoms with Crippen LogP contribution >= 0.6 is 0 Å². The van der Waals surface area contributed by atoms with E-state index >= 15 is 0 Å². The summed E-state index contributed by atoms with van der Waals surface area (Å²) in [6, 6.07) is 10.1. The van der Waals surface area contributed by atoms with Gasteiger partial charge in [0.15, 0.2) is 0 Å². The number of fused-ring (bicyclic) bond motifs is 4. The van der Waals surface area contributed by atoms with Crippen LogP contribution in [0.2, 0.25) is 0 Å². The molecule has 0 aromatic heterocycles. The first-order valence-electron chi connectivity index (χ1n) is 15.1. The fraction of sp³-hybridized carbons (Fsp3) is 0.529. The highest BCUT2D eigenvalue weighted by Crippen LogP contribution is 2.49. The molecule has 196 valence electrons. The number of ketones is 1. The Bertz CT molecular complexity index is 1420. The molecule has 2 aromatic carbocycles. The molecule has 3 saturated carbocycles. The van der Waals surface area contributed by atoms with Crippen molar-refractivity contribution in [2.24, 2.45) is 17.8 Å². The van der Waals surface area contributed by atoms with Gasteiger partial charge in [-0.15, -0.1) is 0 Å². The van der Waals surface area contributed by atoms with Crippen molar-refractivity contribution in [3.63, 3.8) is 0 Å². The summed E-state index contributed by atoms with van der Waals surface area (Å²) in [5.74, 6) is 2.47. The molecule has 2 atom stereocenters. The van der Waals surface area contributed by atoms with Crippen LogP contribution in [0.3, 0.4) is 0 Å². The van der Waals surface area contributed by atoms with E-state index in [4.69, 9.17) is 0 Å². The fourth-order valence-electron chi connectivity index (χ4n) is 7.71. The number of amides is 1. The number of carbonyl (C=O) groups is 2. The maximum absolute atomic E-state index is 13.1. The van der Waals surface area contributed by atoms with Crippen molar-refractivity contribution in [3.8, 4) is 0 Å². The van der Waals surface area contributed by atoms with Crippen LogP contribution < -0.4 is 4.90 Å². The summed E-state index contributed by atoms with van der Waals surface area (Å²) in [5, 5.41) is 2.86. The summed E-state index contributed by atoms with van der Waals surface area (Å²) in [4.78, 5) is 30.4. The van der Waals surface area contributed by atoms with Crippen LogP contribution in [0.1, 0.15) is 80.9 Å². The minimum atomic E-state index is 0.0567. The first-order valence-corrected chi connectivity index (χ1v) is 15.1. The molecular formula is C34H38N2O2. The van der Waals surface area contributed by atoms with Crippen molar-refractivity contribution in [3.05, 3.63) is 58.7 Å². The summed E-state index contributed by atoms with van der Waals surface area (Å²) in [7, 11) is 0. The molecule has 6 aliphatic rings. The molecule has 8 rings (SSSR count). The maximum Gasteiger partial charge on any atom is 0.226 e. The van der Waals surface area contributed by atoms with E-state index in [2.05, 4.69) is 46.2 Å².